The first-order valence-electron chi connectivity index (χ1n) is 10.9. The van der Waals surface area contributed by atoms with Crippen LogP contribution in [0.4, 0.5) is 5.69 Å². The smallest absolute Gasteiger partial charge is 0.224 e. The Balaban J connectivity index is 1.78. The number of anilines is 1. The summed E-state index contributed by atoms with van der Waals surface area (Å²) in [6.45, 7) is 7.67. The van der Waals surface area contributed by atoms with Crippen molar-refractivity contribution in [1.29, 1.82) is 0 Å². The summed E-state index contributed by atoms with van der Waals surface area (Å²) >= 11 is 0. The molecule has 0 saturated carbocycles. The molecule has 2 aromatic carbocycles. The normalized spacial score (nSPS) is 21.2. The maximum atomic E-state index is 12.9. The van der Waals surface area contributed by atoms with E-state index >= 15 is 0 Å². The lowest BCUT2D eigenvalue weighted by molar-refractivity contribution is -0.127. The Labute approximate surface area is 194 Å². The fraction of sp³-hybridized carbons (Fsp3) is 0.296. The van der Waals surface area contributed by atoms with Crippen molar-refractivity contribution in [1.82, 2.24) is 4.98 Å². The third-order valence-electron chi connectivity index (χ3n) is 6.67. The fourth-order valence-corrected chi connectivity index (χ4v) is 5.40. The van der Waals surface area contributed by atoms with Crippen molar-refractivity contribution >= 4 is 17.5 Å². The largest absolute Gasteiger partial charge is 0.487 e. The lowest BCUT2D eigenvalue weighted by Gasteiger charge is -2.55. The van der Waals surface area contributed by atoms with Gasteiger partial charge in [0.1, 0.15) is 12.4 Å². The average molecular weight is 443 g/mol. The van der Waals surface area contributed by atoms with Gasteiger partial charge >= 0.3 is 0 Å². The monoisotopic (exact) mass is 442 g/mol. The van der Waals surface area contributed by atoms with E-state index in [1.54, 1.807) is 17.2 Å². The van der Waals surface area contributed by atoms with Crippen LogP contribution >= 0.6 is 0 Å². The molecule has 1 aromatic heterocycles. The molecule has 2 atom stereocenters. The zero-order chi connectivity index (χ0) is 23.8. The van der Waals surface area contributed by atoms with Gasteiger partial charge < -0.3 is 15.4 Å². The molecule has 2 N–H and O–H groups in total. The number of nitrogens with two attached hydrogens (primary N) is 1. The zero-order valence-electron chi connectivity index (χ0n) is 19.3. The van der Waals surface area contributed by atoms with Gasteiger partial charge in [-0.05, 0) is 67.4 Å². The molecule has 0 saturated heterocycles. The molecule has 1 aliphatic heterocycles. The molecule has 4 rings (SSSR count). The maximum Gasteiger partial charge on any atom is 0.224 e. The quantitative estimate of drug-likeness (QED) is 0.647. The minimum absolute atomic E-state index is 0.140. The predicted octanol–water partition coefficient (Wildman–Crippen LogP) is 4.01. The number of nitrogens with zero attached hydrogens (tertiary/aromatic N) is 2. The molecular weight excluding hydrogens is 414 g/mol. The van der Waals surface area contributed by atoms with E-state index in [0.29, 0.717) is 12.4 Å². The maximum absolute atomic E-state index is 12.9. The summed E-state index contributed by atoms with van der Waals surface area (Å²) in [5.74, 6) is -0.570. The number of aromatic nitrogens is 1. The Morgan fingerprint density at radius 1 is 1.12 bits per heavy atom. The van der Waals surface area contributed by atoms with Crippen LogP contribution in [0, 0.1) is 12.0 Å². The van der Waals surface area contributed by atoms with Crippen LogP contribution < -0.4 is 15.4 Å². The highest BCUT2D eigenvalue weighted by Gasteiger charge is 2.57. The second-order valence-corrected chi connectivity index (χ2v) is 9.12. The summed E-state index contributed by atoms with van der Waals surface area (Å²) in [4.78, 5) is 31.5. The van der Waals surface area contributed by atoms with Gasteiger partial charge in [0.05, 0.1) is 17.2 Å². The van der Waals surface area contributed by atoms with Crippen molar-refractivity contribution < 1.29 is 14.3 Å². The molecule has 6 nitrogen and oxygen atoms in total. The molecule has 3 aromatic rings. The third-order valence-corrected chi connectivity index (χ3v) is 6.67. The number of carbonyl (C=O) groups excluding carboxylic acids is 2. The molecule has 1 aliphatic rings. The molecule has 2 amide bonds. The van der Waals surface area contributed by atoms with Crippen molar-refractivity contribution in [3.63, 3.8) is 0 Å². The number of carbonyl (C=O) groups is 2. The lowest BCUT2D eigenvalue weighted by atomic mass is 9.57. The number of benzene rings is 2. The molecule has 6 heteroatoms. The first kappa shape index (κ1) is 22.5. The highest BCUT2D eigenvalue weighted by Crippen LogP contribution is 2.54. The van der Waals surface area contributed by atoms with Crippen molar-refractivity contribution in [3.8, 4) is 5.75 Å². The Hall–Kier alpha value is -3.67. The van der Waals surface area contributed by atoms with Gasteiger partial charge in [-0.15, -0.1) is 0 Å². The van der Waals surface area contributed by atoms with Crippen LogP contribution in [0.1, 0.15) is 44.5 Å². The van der Waals surface area contributed by atoms with Gasteiger partial charge in [-0.2, -0.15) is 0 Å². The number of hydrogen-bond donors (Lipinski definition) is 1. The number of pyridine rings is 1. The number of amides is 2. The number of ether oxygens (including phenoxy) is 1. The van der Waals surface area contributed by atoms with Gasteiger partial charge in [0.25, 0.3) is 0 Å². The van der Waals surface area contributed by atoms with Gasteiger partial charge in [-0.1, -0.05) is 31.2 Å². The van der Waals surface area contributed by atoms with Crippen LogP contribution in [0.2, 0.25) is 0 Å². The molecule has 2 heterocycles. The summed E-state index contributed by atoms with van der Waals surface area (Å²) < 4.78 is 5.89. The fourth-order valence-electron chi connectivity index (χ4n) is 5.40. The van der Waals surface area contributed by atoms with Gasteiger partial charge in [-0.3, -0.25) is 14.6 Å². The first-order valence-corrected chi connectivity index (χ1v) is 10.9. The van der Waals surface area contributed by atoms with Crippen molar-refractivity contribution in [2.45, 2.75) is 45.3 Å². The Morgan fingerprint density at radius 3 is 2.45 bits per heavy atom. The highest BCUT2D eigenvalue weighted by atomic mass is 16.5. The van der Waals surface area contributed by atoms with E-state index in [4.69, 9.17) is 10.5 Å². The summed E-state index contributed by atoms with van der Waals surface area (Å²) in [5, 5.41) is 0. The van der Waals surface area contributed by atoms with Crippen molar-refractivity contribution in [3.05, 3.63) is 89.7 Å². The molecule has 0 aliphatic carbocycles. The van der Waals surface area contributed by atoms with Crippen LogP contribution in [0.5, 0.6) is 5.75 Å². The number of hydrogen-bond acceptors (Lipinski definition) is 4. The first-order chi connectivity index (χ1) is 15.7. The predicted molar refractivity (Wildman–Crippen MR) is 127 cm³/mol. The number of primary amides is 1. The highest BCUT2D eigenvalue weighted by molar-refractivity contribution is 5.98. The number of fused-ring (bicyclic) bond motifs is 1. The van der Waals surface area contributed by atoms with Crippen LogP contribution in [0.15, 0.2) is 66.9 Å². The van der Waals surface area contributed by atoms with E-state index in [1.807, 2.05) is 75.4 Å². The molecule has 33 heavy (non-hydrogen) atoms. The van der Waals surface area contributed by atoms with Crippen LogP contribution in [-0.2, 0) is 21.6 Å². The van der Waals surface area contributed by atoms with E-state index < -0.39 is 22.8 Å². The number of rotatable bonds is 5. The molecule has 0 spiro atoms. The molecule has 1 radical (unpaired) electrons. The average Bonchev–Trinajstić information content (AvgIpc) is 2.77. The Morgan fingerprint density at radius 2 is 1.85 bits per heavy atom. The summed E-state index contributed by atoms with van der Waals surface area (Å²) in [5.41, 5.74) is 7.74. The van der Waals surface area contributed by atoms with E-state index in [9.17, 15) is 9.59 Å². The van der Waals surface area contributed by atoms with Crippen LogP contribution in [0.25, 0.3) is 0 Å². The van der Waals surface area contributed by atoms with Crippen LogP contribution in [0.3, 0.4) is 0 Å². The van der Waals surface area contributed by atoms with E-state index in [0.717, 1.165) is 22.5 Å². The van der Waals surface area contributed by atoms with E-state index in [2.05, 4.69) is 11.1 Å². The van der Waals surface area contributed by atoms with Gasteiger partial charge in [-0.25, -0.2) is 0 Å². The zero-order valence-corrected chi connectivity index (χ0v) is 19.3. The Bertz CT molecular complexity index is 1170. The molecule has 2 unspecified atom stereocenters. The minimum atomic E-state index is -0.838. The SMILES string of the molecule is CC(=O)N1c2cc[c]cc2C(C)(c2ccc(OCc3ccccn3)cc2)C(C(N)=O)C1(C)C. The summed E-state index contributed by atoms with van der Waals surface area (Å²) in [6, 6.07) is 22.0. The van der Waals surface area contributed by atoms with Crippen molar-refractivity contribution in [2.24, 2.45) is 11.7 Å². The van der Waals surface area contributed by atoms with Gasteiger partial charge in [0.2, 0.25) is 11.8 Å². The lowest BCUT2D eigenvalue weighted by Crippen LogP contribution is -2.65. The second kappa shape index (κ2) is 8.35. The van der Waals surface area contributed by atoms with Crippen LogP contribution in [-0.4, -0.2) is 22.3 Å². The third kappa shape index (κ3) is 3.75. The molecular formula is C27H28N3O3. The standard InChI is InChI=1S/C27H28N3O3/c1-18(31)30-23-11-6-5-10-22(23)27(4,24(25(28)32)26(30,2)3)19-12-14-21(15-13-19)33-17-20-9-7-8-16-29-20/h6-16,24H,17H2,1-4H3,(H2,28,32). The Kier molecular flexibility index (Phi) is 5.70. The molecule has 0 fully saturated rings. The topological polar surface area (TPSA) is 85.5 Å². The summed E-state index contributed by atoms with van der Waals surface area (Å²) in [6.07, 6.45) is 1.73. The summed E-state index contributed by atoms with van der Waals surface area (Å²) in [7, 11) is 0. The van der Waals surface area contributed by atoms with Gasteiger partial charge in [0, 0.05) is 24.2 Å². The van der Waals surface area contributed by atoms with E-state index in [-0.39, 0.29) is 5.91 Å². The van der Waals surface area contributed by atoms with Gasteiger partial charge in [0.15, 0.2) is 0 Å². The van der Waals surface area contributed by atoms with E-state index in [1.165, 1.54) is 6.92 Å². The molecule has 0 bridgehead atoms. The second-order valence-electron chi connectivity index (χ2n) is 9.12. The van der Waals surface area contributed by atoms with Crippen molar-refractivity contribution in [2.75, 3.05) is 4.90 Å². The molecule has 169 valence electrons. The minimum Gasteiger partial charge on any atom is -0.487 e.